The van der Waals surface area contributed by atoms with E-state index in [4.69, 9.17) is 9.73 Å². The number of nitriles is 2. The zero-order valence-corrected chi connectivity index (χ0v) is 14.6. The van der Waals surface area contributed by atoms with Crippen LogP contribution in [-0.4, -0.2) is 18.5 Å². The quantitative estimate of drug-likeness (QED) is 0.872. The van der Waals surface area contributed by atoms with Gasteiger partial charge in [-0.3, -0.25) is 4.99 Å². The fraction of sp³-hybridized carbons (Fsp3) is 0.389. The van der Waals surface area contributed by atoms with Crippen molar-refractivity contribution in [3.8, 4) is 17.9 Å². The van der Waals surface area contributed by atoms with Gasteiger partial charge in [0, 0.05) is 0 Å². The molecule has 1 aliphatic heterocycles. The third kappa shape index (κ3) is 3.33. The third-order valence-electron chi connectivity index (χ3n) is 3.68. The molecule has 0 fully saturated rings. The van der Waals surface area contributed by atoms with Crippen LogP contribution in [0.25, 0.3) is 0 Å². The van der Waals surface area contributed by atoms with Crippen molar-refractivity contribution in [2.24, 2.45) is 4.99 Å². The Hall–Kier alpha value is -2.99. The average Bonchev–Trinajstić information content (AvgIpc) is 2.55. The van der Waals surface area contributed by atoms with Crippen LogP contribution in [0.15, 0.2) is 40.7 Å². The highest BCUT2D eigenvalue weighted by molar-refractivity contribution is 5.96. The van der Waals surface area contributed by atoms with E-state index in [-0.39, 0.29) is 16.9 Å². The van der Waals surface area contributed by atoms with Crippen LogP contribution in [0.1, 0.15) is 33.3 Å². The maximum absolute atomic E-state index is 9.35. The highest BCUT2D eigenvalue weighted by atomic mass is 16.5. The van der Waals surface area contributed by atoms with Crippen LogP contribution in [0.2, 0.25) is 0 Å². The standard InChI is InChI=1S/C18H21N5O/c1-17(2,3)23-16-18(4,12-6-8-13(24-5)9-7-12)22-15(11-20)14(10-19)21-16/h6-9,22H,1-5H3,(H,21,23). The van der Waals surface area contributed by atoms with Crippen LogP contribution in [0, 0.1) is 22.7 Å². The number of hydrogen-bond donors (Lipinski definition) is 2. The lowest BCUT2D eigenvalue weighted by Gasteiger charge is -2.38. The maximum atomic E-state index is 9.35. The van der Waals surface area contributed by atoms with Gasteiger partial charge in [-0.05, 0) is 45.4 Å². The fourth-order valence-electron chi connectivity index (χ4n) is 2.45. The predicted octanol–water partition coefficient (Wildman–Crippen LogP) is 2.56. The van der Waals surface area contributed by atoms with E-state index in [1.807, 2.05) is 64.1 Å². The van der Waals surface area contributed by atoms with Gasteiger partial charge in [-0.25, -0.2) is 0 Å². The molecule has 0 spiro atoms. The zero-order valence-electron chi connectivity index (χ0n) is 14.6. The molecule has 1 aromatic carbocycles. The van der Waals surface area contributed by atoms with Crippen molar-refractivity contribution in [3.63, 3.8) is 0 Å². The first-order chi connectivity index (χ1) is 11.2. The van der Waals surface area contributed by atoms with Crippen molar-refractivity contribution in [1.82, 2.24) is 10.6 Å². The monoisotopic (exact) mass is 323 g/mol. The molecule has 0 bridgehead atoms. The Morgan fingerprint density at radius 3 is 2.12 bits per heavy atom. The van der Waals surface area contributed by atoms with Crippen LogP contribution in [0.4, 0.5) is 0 Å². The fourth-order valence-corrected chi connectivity index (χ4v) is 2.45. The van der Waals surface area contributed by atoms with Crippen molar-refractivity contribution >= 4 is 5.84 Å². The van der Waals surface area contributed by atoms with Gasteiger partial charge in [0.25, 0.3) is 0 Å². The Kier molecular flexibility index (Phi) is 4.52. The molecular weight excluding hydrogens is 302 g/mol. The van der Waals surface area contributed by atoms with Crippen LogP contribution in [-0.2, 0) is 5.54 Å². The number of allylic oxidation sites excluding steroid dienone is 2. The Balaban J connectivity index is 2.61. The van der Waals surface area contributed by atoms with Crippen LogP contribution in [0.3, 0.4) is 0 Å². The molecule has 0 radical (unpaired) electrons. The minimum absolute atomic E-state index is 0.173. The molecule has 124 valence electrons. The molecule has 0 saturated heterocycles. The summed E-state index contributed by atoms with van der Waals surface area (Å²) in [5.74, 6) is 1.34. The molecule has 0 amide bonds. The normalized spacial score (nSPS) is 22.2. The number of aliphatic imine (C=N–C) groups is 1. The number of amidine groups is 1. The molecule has 1 atom stereocenters. The van der Waals surface area contributed by atoms with E-state index < -0.39 is 5.54 Å². The first-order valence-corrected chi connectivity index (χ1v) is 7.58. The first-order valence-electron chi connectivity index (χ1n) is 7.58. The summed E-state index contributed by atoms with van der Waals surface area (Å²) in [7, 11) is 1.61. The van der Waals surface area contributed by atoms with E-state index in [0.717, 1.165) is 11.3 Å². The number of ether oxygens (including phenoxy) is 1. The average molecular weight is 323 g/mol. The van der Waals surface area contributed by atoms with Gasteiger partial charge < -0.3 is 15.4 Å². The van der Waals surface area contributed by atoms with E-state index in [9.17, 15) is 10.5 Å². The highest BCUT2D eigenvalue weighted by Gasteiger charge is 2.39. The highest BCUT2D eigenvalue weighted by Crippen LogP contribution is 2.30. The molecule has 1 aromatic rings. The van der Waals surface area contributed by atoms with Gasteiger partial charge in [0.1, 0.15) is 35.0 Å². The molecule has 6 heteroatoms. The second-order valence-corrected chi connectivity index (χ2v) is 6.71. The molecule has 1 aliphatic rings. The molecule has 6 nitrogen and oxygen atoms in total. The van der Waals surface area contributed by atoms with Crippen LogP contribution >= 0.6 is 0 Å². The van der Waals surface area contributed by atoms with Gasteiger partial charge in [-0.2, -0.15) is 10.5 Å². The lowest BCUT2D eigenvalue weighted by molar-refractivity contribution is 0.414. The van der Waals surface area contributed by atoms with Crippen molar-refractivity contribution in [2.45, 2.75) is 38.8 Å². The SMILES string of the molecule is COc1ccc(C2(C)NC(C#N)=C(C#N)NC2=NC(C)(C)C)cc1. The maximum Gasteiger partial charge on any atom is 0.153 e. The Morgan fingerprint density at radius 1 is 1.08 bits per heavy atom. The van der Waals surface area contributed by atoms with E-state index in [0.29, 0.717) is 5.84 Å². The molecule has 1 unspecified atom stereocenters. The molecule has 2 N–H and O–H groups in total. The lowest BCUT2D eigenvalue weighted by atomic mass is 9.87. The van der Waals surface area contributed by atoms with E-state index in [1.165, 1.54) is 0 Å². The summed E-state index contributed by atoms with van der Waals surface area (Å²) in [4.78, 5) is 4.72. The predicted molar refractivity (Wildman–Crippen MR) is 92.1 cm³/mol. The summed E-state index contributed by atoms with van der Waals surface area (Å²) in [5.41, 5.74) is 0.173. The zero-order chi connectivity index (χ0) is 18.0. The van der Waals surface area contributed by atoms with Crippen molar-refractivity contribution in [1.29, 1.82) is 10.5 Å². The smallest absolute Gasteiger partial charge is 0.153 e. The van der Waals surface area contributed by atoms with Gasteiger partial charge in [0.05, 0.1) is 12.6 Å². The van der Waals surface area contributed by atoms with E-state index in [1.54, 1.807) is 7.11 Å². The van der Waals surface area contributed by atoms with Gasteiger partial charge in [-0.15, -0.1) is 0 Å². The topological polar surface area (TPSA) is 93.2 Å². The van der Waals surface area contributed by atoms with Gasteiger partial charge in [0.15, 0.2) is 5.70 Å². The number of rotatable bonds is 2. The second kappa shape index (κ2) is 6.25. The van der Waals surface area contributed by atoms with Gasteiger partial charge in [0.2, 0.25) is 0 Å². The van der Waals surface area contributed by atoms with Gasteiger partial charge >= 0.3 is 0 Å². The molecule has 1 heterocycles. The Bertz CT molecular complexity index is 772. The molecule has 2 rings (SSSR count). The number of nitrogens with zero attached hydrogens (tertiary/aromatic N) is 3. The minimum Gasteiger partial charge on any atom is -0.497 e. The summed E-state index contributed by atoms with van der Waals surface area (Å²) >= 11 is 0. The number of hydrogen-bond acceptors (Lipinski definition) is 5. The number of nitrogens with one attached hydrogen (secondary N) is 2. The molecular formula is C18H21N5O. The van der Waals surface area contributed by atoms with Crippen LogP contribution in [0.5, 0.6) is 5.75 Å². The molecule has 0 aliphatic carbocycles. The van der Waals surface area contributed by atoms with Gasteiger partial charge in [-0.1, -0.05) is 12.1 Å². The van der Waals surface area contributed by atoms with Crippen molar-refractivity contribution < 1.29 is 4.74 Å². The van der Waals surface area contributed by atoms with Crippen molar-refractivity contribution in [3.05, 3.63) is 41.2 Å². The second-order valence-electron chi connectivity index (χ2n) is 6.71. The summed E-state index contributed by atoms with van der Waals surface area (Å²) < 4.78 is 5.20. The molecule has 24 heavy (non-hydrogen) atoms. The van der Waals surface area contributed by atoms with Crippen molar-refractivity contribution in [2.75, 3.05) is 7.11 Å². The van der Waals surface area contributed by atoms with E-state index >= 15 is 0 Å². The third-order valence-corrected chi connectivity index (χ3v) is 3.68. The Morgan fingerprint density at radius 2 is 1.67 bits per heavy atom. The summed E-state index contributed by atoms with van der Waals surface area (Å²) in [6.45, 7) is 7.86. The summed E-state index contributed by atoms with van der Waals surface area (Å²) in [5, 5.41) is 24.8. The minimum atomic E-state index is -0.759. The number of methoxy groups -OCH3 is 1. The number of benzene rings is 1. The first kappa shape index (κ1) is 17.4. The lowest BCUT2D eigenvalue weighted by Crippen LogP contribution is -2.56. The Labute approximate surface area is 142 Å². The molecule has 0 saturated carbocycles. The largest absolute Gasteiger partial charge is 0.497 e. The van der Waals surface area contributed by atoms with E-state index in [2.05, 4.69) is 10.6 Å². The summed E-state index contributed by atoms with van der Waals surface area (Å²) in [6, 6.07) is 11.6. The molecule has 0 aromatic heterocycles. The summed E-state index contributed by atoms with van der Waals surface area (Å²) in [6.07, 6.45) is 0. The van der Waals surface area contributed by atoms with Crippen LogP contribution < -0.4 is 15.4 Å².